The highest BCUT2D eigenvalue weighted by Gasteiger charge is 2.33. The summed E-state index contributed by atoms with van der Waals surface area (Å²) in [4.78, 5) is 29.5. The van der Waals surface area contributed by atoms with Crippen LogP contribution in [0.2, 0.25) is 0 Å². The predicted molar refractivity (Wildman–Crippen MR) is 109 cm³/mol. The normalized spacial score (nSPS) is 22.8. The fraction of sp³-hybridized carbons (Fsp3) is 0.636. The van der Waals surface area contributed by atoms with Crippen molar-refractivity contribution in [3.8, 4) is 5.75 Å². The Morgan fingerprint density at radius 1 is 1.07 bits per heavy atom. The number of hydrogen-bond acceptors (Lipinski definition) is 4. The number of likely N-dealkylation sites (tertiary alicyclic amines) is 2. The molecule has 2 heterocycles. The van der Waals surface area contributed by atoms with Gasteiger partial charge in [-0.15, -0.1) is 0 Å². The molecule has 6 nitrogen and oxygen atoms in total. The Labute approximate surface area is 168 Å². The van der Waals surface area contributed by atoms with Crippen molar-refractivity contribution in [1.29, 1.82) is 0 Å². The topological polar surface area (TPSA) is 61.9 Å². The third-order valence-corrected chi connectivity index (χ3v) is 5.77. The summed E-state index contributed by atoms with van der Waals surface area (Å²) < 4.78 is 5.64. The van der Waals surface area contributed by atoms with Gasteiger partial charge in [-0.3, -0.25) is 9.59 Å². The standard InChI is InChI=1S/C22H33N3O3/c1-23-15-18-7-5-13-25(16-18)22(27)19-8-6-12-24(17-19)21(26)11-14-28-20-9-3-2-4-10-20/h2-4,9-10,18-19,23H,5-8,11-17H2,1H3. The smallest absolute Gasteiger partial charge is 0.227 e. The third kappa shape index (κ3) is 5.71. The third-order valence-electron chi connectivity index (χ3n) is 5.77. The number of carbonyl (C=O) groups excluding carboxylic acids is 2. The van der Waals surface area contributed by atoms with Crippen LogP contribution in [-0.2, 0) is 9.59 Å². The van der Waals surface area contributed by atoms with E-state index in [4.69, 9.17) is 4.74 Å². The van der Waals surface area contributed by atoms with E-state index >= 15 is 0 Å². The lowest BCUT2D eigenvalue weighted by atomic mass is 9.93. The molecule has 28 heavy (non-hydrogen) atoms. The van der Waals surface area contributed by atoms with E-state index in [-0.39, 0.29) is 17.7 Å². The van der Waals surface area contributed by atoms with Gasteiger partial charge in [0.25, 0.3) is 0 Å². The summed E-state index contributed by atoms with van der Waals surface area (Å²) in [6, 6.07) is 9.55. The first kappa shape index (κ1) is 20.6. The van der Waals surface area contributed by atoms with Crippen LogP contribution in [0.15, 0.2) is 30.3 Å². The molecule has 0 bridgehead atoms. The van der Waals surface area contributed by atoms with Gasteiger partial charge in [0.2, 0.25) is 11.8 Å². The molecule has 2 aliphatic rings. The summed E-state index contributed by atoms with van der Waals surface area (Å²) in [5, 5.41) is 3.23. The molecule has 2 aliphatic heterocycles. The summed E-state index contributed by atoms with van der Waals surface area (Å²) in [6.07, 6.45) is 4.39. The second-order valence-electron chi connectivity index (χ2n) is 7.94. The van der Waals surface area contributed by atoms with Gasteiger partial charge in [0, 0.05) is 26.2 Å². The number of carbonyl (C=O) groups is 2. The molecule has 2 unspecified atom stereocenters. The molecule has 0 aliphatic carbocycles. The van der Waals surface area contributed by atoms with E-state index in [0.717, 1.165) is 51.2 Å². The molecule has 0 saturated carbocycles. The van der Waals surface area contributed by atoms with E-state index in [2.05, 4.69) is 5.32 Å². The van der Waals surface area contributed by atoms with Crippen LogP contribution in [0.5, 0.6) is 5.75 Å². The maximum Gasteiger partial charge on any atom is 0.227 e. The Bertz CT molecular complexity index is 635. The fourth-order valence-electron chi connectivity index (χ4n) is 4.31. The van der Waals surface area contributed by atoms with Gasteiger partial charge in [0.1, 0.15) is 5.75 Å². The van der Waals surface area contributed by atoms with Crippen molar-refractivity contribution in [3.63, 3.8) is 0 Å². The summed E-state index contributed by atoms with van der Waals surface area (Å²) in [6.45, 7) is 4.33. The Kier molecular flexibility index (Phi) is 7.71. The number of hydrogen-bond donors (Lipinski definition) is 1. The summed E-state index contributed by atoms with van der Waals surface area (Å²) in [5.41, 5.74) is 0. The zero-order valence-electron chi connectivity index (χ0n) is 16.9. The van der Waals surface area contributed by atoms with Crippen LogP contribution in [0.25, 0.3) is 0 Å². The highest BCUT2D eigenvalue weighted by atomic mass is 16.5. The molecule has 0 spiro atoms. The Balaban J connectivity index is 1.46. The van der Waals surface area contributed by atoms with Crippen LogP contribution in [0.1, 0.15) is 32.1 Å². The van der Waals surface area contributed by atoms with E-state index in [9.17, 15) is 9.59 Å². The molecule has 3 rings (SSSR count). The molecule has 2 amide bonds. The lowest BCUT2D eigenvalue weighted by Gasteiger charge is -2.38. The van der Waals surface area contributed by atoms with E-state index in [0.29, 0.717) is 25.5 Å². The zero-order chi connectivity index (χ0) is 19.8. The van der Waals surface area contributed by atoms with Crippen molar-refractivity contribution in [2.45, 2.75) is 32.1 Å². The summed E-state index contributed by atoms with van der Waals surface area (Å²) in [7, 11) is 1.97. The first-order valence-corrected chi connectivity index (χ1v) is 10.6. The van der Waals surface area contributed by atoms with Gasteiger partial charge in [0.05, 0.1) is 18.9 Å². The van der Waals surface area contributed by atoms with Gasteiger partial charge in [-0.05, 0) is 57.3 Å². The first-order valence-electron chi connectivity index (χ1n) is 10.6. The Morgan fingerprint density at radius 2 is 1.82 bits per heavy atom. The molecule has 1 N–H and O–H groups in total. The Morgan fingerprint density at radius 3 is 2.61 bits per heavy atom. The summed E-state index contributed by atoms with van der Waals surface area (Å²) >= 11 is 0. The molecular formula is C22H33N3O3. The molecule has 6 heteroatoms. The maximum absolute atomic E-state index is 13.0. The van der Waals surface area contributed by atoms with E-state index in [1.807, 2.05) is 47.2 Å². The van der Waals surface area contributed by atoms with Crippen molar-refractivity contribution in [1.82, 2.24) is 15.1 Å². The quantitative estimate of drug-likeness (QED) is 0.779. The predicted octanol–water partition coefficient (Wildman–Crippen LogP) is 2.15. The molecule has 1 aromatic rings. The molecule has 1 aromatic carbocycles. The summed E-state index contributed by atoms with van der Waals surface area (Å²) in [5.74, 6) is 1.59. The van der Waals surface area contributed by atoms with E-state index < -0.39 is 0 Å². The first-order chi connectivity index (χ1) is 13.7. The second-order valence-corrected chi connectivity index (χ2v) is 7.94. The van der Waals surface area contributed by atoms with Gasteiger partial charge >= 0.3 is 0 Å². The molecule has 0 radical (unpaired) electrons. The van der Waals surface area contributed by atoms with Crippen LogP contribution < -0.4 is 10.1 Å². The van der Waals surface area contributed by atoms with Crippen molar-refractivity contribution in [3.05, 3.63) is 30.3 Å². The molecule has 0 aromatic heterocycles. The van der Waals surface area contributed by atoms with Crippen LogP contribution >= 0.6 is 0 Å². The maximum atomic E-state index is 13.0. The molecule has 154 valence electrons. The average Bonchev–Trinajstić information content (AvgIpc) is 2.74. The van der Waals surface area contributed by atoms with E-state index in [1.165, 1.54) is 6.42 Å². The highest BCUT2D eigenvalue weighted by molar-refractivity contribution is 5.81. The lowest BCUT2D eigenvalue weighted by Crippen LogP contribution is -2.50. The minimum atomic E-state index is -0.0546. The van der Waals surface area contributed by atoms with Gasteiger partial charge in [-0.25, -0.2) is 0 Å². The second kappa shape index (κ2) is 10.5. The number of nitrogens with zero attached hydrogens (tertiary/aromatic N) is 2. The number of para-hydroxylation sites is 1. The lowest BCUT2D eigenvalue weighted by molar-refractivity contribution is -0.142. The number of benzene rings is 1. The number of piperidine rings is 2. The largest absolute Gasteiger partial charge is 0.493 e. The van der Waals surface area contributed by atoms with Crippen molar-refractivity contribution in [2.75, 3.05) is 46.4 Å². The number of amides is 2. The molecule has 2 saturated heterocycles. The highest BCUT2D eigenvalue weighted by Crippen LogP contribution is 2.23. The molecular weight excluding hydrogens is 354 g/mol. The average molecular weight is 388 g/mol. The number of rotatable bonds is 7. The minimum Gasteiger partial charge on any atom is -0.493 e. The van der Waals surface area contributed by atoms with Crippen LogP contribution in [-0.4, -0.2) is 68.0 Å². The van der Waals surface area contributed by atoms with Crippen molar-refractivity contribution in [2.24, 2.45) is 11.8 Å². The van der Waals surface area contributed by atoms with Crippen LogP contribution in [0, 0.1) is 11.8 Å². The monoisotopic (exact) mass is 387 g/mol. The van der Waals surface area contributed by atoms with E-state index in [1.54, 1.807) is 0 Å². The van der Waals surface area contributed by atoms with Gasteiger partial charge in [-0.1, -0.05) is 18.2 Å². The van der Waals surface area contributed by atoms with Gasteiger partial charge in [0.15, 0.2) is 0 Å². The van der Waals surface area contributed by atoms with Gasteiger partial charge < -0.3 is 19.9 Å². The SMILES string of the molecule is CNCC1CCCN(C(=O)C2CCCN(C(=O)CCOc3ccccc3)C2)C1. The van der Waals surface area contributed by atoms with Gasteiger partial charge in [-0.2, -0.15) is 0 Å². The minimum absolute atomic E-state index is 0.0546. The Hall–Kier alpha value is -2.08. The zero-order valence-corrected chi connectivity index (χ0v) is 16.9. The fourth-order valence-corrected chi connectivity index (χ4v) is 4.31. The molecule has 2 fully saturated rings. The molecule has 2 atom stereocenters. The van der Waals surface area contributed by atoms with Crippen LogP contribution in [0.4, 0.5) is 0 Å². The van der Waals surface area contributed by atoms with Crippen molar-refractivity contribution < 1.29 is 14.3 Å². The van der Waals surface area contributed by atoms with Crippen molar-refractivity contribution >= 4 is 11.8 Å². The van der Waals surface area contributed by atoms with Crippen LogP contribution in [0.3, 0.4) is 0 Å². The number of nitrogens with one attached hydrogen (secondary N) is 1. The number of ether oxygens (including phenoxy) is 1.